The highest BCUT2D eigenvalue weighted by Gasteiger charge is 2.11. The van der Waals surface area contributed by atoms with Crippen LogP contribution in [-0.4, -0.2) is 5.71 Å². The molecule has 0 spiro atoms. The zero-order chi connectivity index (χ0) is 19.9. The van der Waals surface area contributed by atoms with Crippen molar-refractivity contribution < 1.29 is 0 Å². The molecule has 138 valence electrons. The van der Waals surface area contributed by atoms with Gasteiger partial charge in [-0.3, -0.25) is 4.99 Å². The van der Waals surface area contributed by atoms with Gasteiger partial charge in [0.25, 0.3) is 0 Å². The highest BCUT2D eigenvalue weighted by atomic mass is 14.7. The van der Waals surface area contributed by atoms with Crippen molar-refractivity contribution in [2.24, 2.45) is 4.99 Å². The van der Waals surface area contributed by atoms with Crippen LogP contribution in [0.3, 0.4) is 0 Å². The normalized spacial score (nSPS) is 12.4. The van der Waals surface area contributed by atoms with Crippen molar-refractivity contribution in [2.75, 3.05) is 0 Å². The average Bonchev–Trinajstić information content (AvgIpc) is 2.58. The van der Waals surface area contributed by atoms with E-state index in [2.05, 4.69) is 64.1 Å². The summed E-state index contributed by atoms with van der Waals surface area (Å²) in [6.45, 7) is 23.3. The number of rotatable bonds is 7. The average molecular weight is 348 g/mol. The van der Waals surface area contributed by atoms with Gasteiger partial charge in [-0.25, -0.2) is 0 Å². The number of aryl methyl sites for hydroxylation is 3. The highest BCUT2D eigenvalue weighted by Crippen LogP contribution is 2.30. The third-order valence-electron chi connectivity index (χ3n) is 4.45. The van der Waals surface area contributed by atoms with Crippen LogP contribution in [0.2, 0.25) is 0 Å². The molecule has 0 aliphatic heterocycles. The Morgan fingerprint density at radius 1 is 1.00 bits per heavy atom. The van der Waals surface area contributed by atoms with Gasteiger partial charge < -0.3 is 0 Å². The van der Waals surface area contributed by atoms with E-state index in [1.165, 1.54) is 27.8 Å². The van der Waals surface area contributed by atoms with E-state index in [1.807, 2.05) is 39.1 Å². The smallest absolute Gasteiger partial charge is 0.0401 e. The number of hydrogen-bond donors (Lipinski definition) is 0. The summed E-state index contributed by atoms with van der Waals surface area (Å²) in [5.74, 6) is 0. The Morgan fingerprint density at radius 3 is 2.15 bits per heavy atom. The van der Waals surface area contributed by atoms with Gasteiger partial charge >= 0.3 is 0 Å². The van der Waals surface area contributed by atoms with Crippen molar-refractivity contribution in [3.63, 3.8) is 0 Å². The zero-order valence-electron chi connectivity index (χ0n) is 17.5. The minimum Gasteiger partial charge on any atom is -0.261 e. The molecule has 0 aliphatic carbocycles. The van der Waals surface area contributed by atoms with Gasteiger partial charge in [0.15, 0.2) is 0 Å². The highest BCUT2D eigenvalue weighted by molar-refractivity contribution is 5.96. The fourth-order valence-electron chi connectivity index (χ4n) is 2.73. The van der Waals surface area contributed by atoms with E-state index in [4.69, 9.17) is 0 Å². The van der Waals surface area contributed by atoms with Crippen molar-refractivity contribution in [1.29, 1.82) is 0 Å². The molecule has 0 heterocycles. The lowest BCUT2D eigenvalue weighted by Crippen LogP contribution is -1.97. The Bertz CT molecular complexity index is 807. The Balaban J connectivity index is 3.12. The van der Waals surface area contributed by atoms with Crippen molar-refractivity contribution in [3.05, 3.63) is 88.7 Å². The van der Waals surface area contributed by atoms with Gasteiger partial charge in [-0.15, -0.1) is 0 Å². The third kappa shape index (κ3) is 5.84. The molecule has 1 nitrogen and oxygen atoms in total. The van der Waals surface area contributed by atoms with Crippen LogP contribution in [0.5, 0.6) is 0 Å². The van der Waals surface area contributed by atoms with Gasteiger partial charge in [-0.05, 0) is 93.0 Å². The number of benzene rings is 1. The van der Waals surface area contributed by atoms with Crippen LogP contribution in [0.25, 0.3) is 5.57 Å². The molecule has 0 N–H and O–H groups in total. The molecular weight excluding hydrogens is 314 g/mol. The van der Waals surface area contributed by atoms with Gasteiger partial charge in [-0.1, -0.05) is 49.9 Å². The largest absolute Gasteiger partial charge is 0.261 e. The maximum absolute atomic E-state index is 4.52. The molecule has 0 unspecified atom stereocenters. The Kier molecular flexibility index (Phi) is 8.25. The molecule has 1 heteroatoms. The lowest BCUT2D eigenvalue weighted by molar-refractivity contribution is 1.26. The predicted molar refractivity (Wildman–Crippen MR) is 119 cm³/mol. The first-order valence-corrected chi connectivity index (χ1v) is 9.22. The molecular formula is C25H33N. The van der Waals surface area contributed by atoms with Crippen LogP contribution in [0.1, 0.15) is 56.4 Å². The first kappa shape index (κ1) is 21.6. The lowest BCUT2D eigenvalue weighted by Gasteiger charge is -2.16. The fourth-order valence-corrected chi connectivity index (χ4v) is 2.73. The minimum absolute atomic E-state index is 0.885. The molecule has 1 aromatic carbocycles. The molecule has 0 amide bonds. The van der Waals surface area contributed by atoms with Crippen molar-refractivity contribution in [2.45, 2.75) is 54.9 Å². The number of allylic oxidation sites excluding steroid dienone is 7. The lowest BCUT2D eigenvalue weighted by atomic mass is 9.89. The van der Waals surface area contributed by atoms with E-state index < -0.39 is 0 Å². The molecule has 0 atom stereocenters. The first-order chi connectivity index (χ1) is 12.2. The summed E-state index contributed by atoms with van der Waals surface area (Å²) >= 11 is 0. The van der Waals surface area contributed by atoms with E-state index >= 15 is 0 Å². The number of aliphatic imine (C=N–C) groups is 1. The summed E-state index contributed by atoms with van der Waals surface area (Å²) in [6.07, 6.45) is 8.96. The van der Waals surface area contributed by atoms with Crippen LogP contribution in [0.4, 0.5) is 0 Å². The van der Waals surface area contributed by atoms with Crippen LogP contribution in [-0.2, 0) is 0 Å². The summed E-state index contributed by atoms with van der Waals surface area (Å²) in [5, 5.41) is 0. The molecule has 26 heavy (non-hydrogen) atoms. The van der Waals surface area contributed by atoms with Gasteiger partial charge in [0, 0.05) is 11.9 Å². The van der Waals surface area contributed by atoms with Gasteiger partial charge in [-0.2, -0.15) is 0 Å². The molecule has 0 radical (unpaired) electrons. The fraction of sp³-hybridized carbons (Fsp3) is 0.320. The Morgan fingerprint density at radius 2 is 1.62 bits per heavy atom. The van der Waals surface area contributed by atoms with E-state index in [-0.39, 0.29) is 0 Å². The number of hydrogen-bond acceptors (Lipinski definition) is 1. The second kappa shape index (κ2) is 9.91. The maximum atomic E-state index is 4.52. The van der Waals surface area contributed by atoms with Crippen LogP contribution < -0.4 is 0 Å². The second-order valence-corrected chi connectivity index (χ2v) is 6.97. The summed E-state index contributed by atoms with van der Waals surface area (Å²) in [7, 11) is 0. The van der Waals surface area contributed by atoms with Gasteiger partial charge in [0.2, 0.25) is 0 Å². The maximum Gasteiger partial charge on any atom is 0.0401 e. The summed E-state index contributed by atoms with van der Waals surface area (Å²) in [5.41, 5.74) is 10.3. The summed E-state index contributed by atoms with van der Waals surface area (Å²) in [6, 6.07) is 4.45. The van der Waals surface area contributed by atoms with Crippen LogP contribution >= 0.6 is 0 Å². The third-order valence-corrected chi connectivity index (χ3v) is 4.45. The van der Waals surface area contributed by atoms with Crippen LogP contribution in [0.15, 0.2) is 71.4 Å². The summed E-state index contributed by atoms with van der Waals surface area (Å²) in [4.78, 5) is 4.52. The molecule has 1 rings (SSSR count). The van der Waals surface area contributed by atoms with Crippen molar-refractivity contribution in [3.8, 4) is 0 Å². The minimum atomic E-state index is 0.885. The predicted octanol–water partition coefficient (Wildman–Crippen LogP) is 7.46. The standard InChI is InChI=1S/C25H33N/c1-10-23(26-16-17(3)4)13-12-18(5)24(11-2)22(9)25-15-20(7)19(6)14-21(25)8/h11-16H,5,9-10H2,1-4,6-8H3/b13-12-,24-11-,26-23?. The second-order valence-electron chi connectivity index (χ2n) is 6.97. The molecule has 0 aromatic heterocycles. The van der Waals surface area contributed by atoms with Crippen LogP contribution in [0, 0.1) is 20.8 Å². The molecule has 0 saturated heterocycles. The van der Waals surface area contributed by atoms with E-state index in [0.29, 0.717) is 0 Å². The van der Waals surface area contributed by atoms with E-state index in [9.17, 15) is 0 Å². The van der Waals surface area contributed by atoms with E-state index in [0.717, 1.165) is 28.9 Å². The SMILES string of the molecule is C=C(/C=C\C(CC)=NC=C(C)C)/C(=C/C)C(=C)c1cc(C)c(C)cc1C. The zero-order valence-corrected chi connectivity index (χ0v) is 17.5. The van der Waals surface area contributed by atoms with Gasteiger partial charge in [0.1, 0.15) is 0 Å². The molecule has 0 aliphatic rings. The monoisotopic (exact) mass is 347 g/mol. The van der Waals surface area contributed by atoms with Gasteiger partial charge in [0.05, 0.1) is 0 Å². The first-order valence-electron chi connectivity index (χ1n) is 9.22. The van der Waals surface area contributed by atoms with Crippen molar-refractivity contribution >= 4 is 11.3 Å². The molecule has 0 bridgehead atoms. The molecule has 0 saturated carbocycles. The topological polar surface area (TPSA) is 12.4 Å². The quantitative estimate of drug-likeness (QED) is 0.358. The molecule has 1 aromatic rings. The Labute approximate surface area is 160 Å². The summed E-state index contributed by atoms with van der Waals surface area (Å²) < 4.78 is 0. The van der Waals surface area contributed by atoms with Crippen molar-refractivity contribution in [1.82, 2.24) is 0 Å². The van der Waals surface area contributed by atoms with E-state index in [1.54, 1.807) is 0 Å². The molecule has 0 fully saturated rings. The number of nitrogens with zero attached hydrogens (tertiary/aromatic N) is 1. The Hall–Kier alpha value is -2.41.